The zero-order chi connectivity index (χ0) is 8.39. The van der Waals surface area contributed by atoms with Crippen molar-refractivity contribution in [2.24, 2.45) is 0 Å². The standard InChI is InChI=1S/C9H10N2O/c1-12-7-8-6-10-11-5-3-2-4-9(8)11/h2-6H,7H2,1H3. The fourth-order valence-corrected chi connectivity index (χ4v) is 1.25. The highest BCUT2D eigenvalue weighted by molar-refractivity contribution is 5.52. The van der Waals surface area contributed by atoms with Crippen molar-refractivity contribution in [1.82, 2.24) is 9.61 Å². The van der Waals surface area contributed by atoms with Crippen molar-refractivity contribution in [2.45, 2.75) is 6.61 Å². The van der Waals surface area contributed by atoms with E-state index in [4.69, 9.17) is 4.74 Å². The Balaban J connectivity index is 2.55. The molecule has 3 heteroatoms. The van der Waals surface area contributed by atoms with E-state index in [1.165, 1.54) is 0 Å². The monoisotopic (exact) mass is 162 g/mol. The van der Waals surface area contributed by atoms with Crippen molar-refractivity contribution < 1.29 is 4.74 Å². The van der Waals surface area contributed by atoms with Gasteiger partial charge in [-0.1, -0.05) is 6.07 Å². The number of methoxy groups -OCH3 is 1. The molecular weight excluding hydrogens is 152 g/mol. The maximum Gasteiger partial charge on any atom is 0.0750 e. The van der Waals surface area contributed by atoms with Gasteiger partial charge >= 0.3 is 0 Å². The first kappa shape index (κ1) is 7.31. The highest BCUT2D eigenvalue weighted by Gasteiger charge is 2.00. The fourth-order valence-electron chi connectivity index (χ4n) is 1.25. The lowest BCUT2D eigenvalue weighted by atomic mass is 10.3. The molecule has 0 aliphatic heterocycles. The summed E-state index contributed by atoms with van der Waals surface area (Å²) >= 11 is 0. The molecule has 12 heavy (non-hydrogen) atoms. The summed E-state index contributed by atoms with van der Waals surface area (Å²) in [5.74, 6) is 0. The summed E-state index contributed by atoms with van der Waals surface area (Å²) in [5, 5.41) is 4.17. The number of rotatable bonds is 2. The Bertz CT molecular complexity index is 381. The molecule has 0 aliphatic carbocycles. The van der Waals surface area contributed by atoms with Gasteiger partial charge < -0.3 is 4.74 Å². The number of fused-ring (bicyclic) bond motifs is 1. The molecule has 3 nitrogen and oxygen atoms in total. The van der Waals surface area contributed by atoms with Gasteiger partial charge in [-0.15, -0.1) is 0 Å². The van der Waals surface area contributed by atoms with E-state index < -0.39 is 0 Å². The molecule has 0 bridgehead atoms. The van der Waals surface area contributed by atoms with Gasteiger partial charge in [0.2, 0.25) is 0 Å². The van der Waals surface area contributed by atoms with Gasteiger partial charge in [0.1, 0.15) is 0 Å². The summed E-state index contributed by atoms with van der Waals surface area (Å²) in [6, 6.07) is 5.98. The number of nitrogens with zero attached hydrogens (tertiary/aromatic N) is 2. The van der Waals surface area contributed by atoms with Gasteiger partial charge in [0.05, 0.1) is 18.3 Å². The van der Waals surface area contributed by atoms with Crippen LogP contribution < -0.4 is 0 Å². The van der Waals surface area contributed by atoms with Crippen LogP contribution in [0.4, 0.5) is 0 Å². The predicted molar refractivity (Wildman–Crippen MR) is 45.9 cm³/mol. The van der Waals surface area contributed by atoms with E-state index in [-0.39, 0.29) is 0 Å². The molecule has 0 N–H and O–H groups in total. The molecule has 0 atom stereocenters. The minimum atomic E-state index is 0.619. The van der Waals surface area contributed by atoms with Gasteiger partial charge in [-0.2, -0.15) is 5.10 Å². The van der Waals surface area contributed by atoms with Crippen LogP contribution in [0.2, 0.25) is 0 Å². The van der Waals surface area contributed by atoms with Crippen LogP contribution in [-0.4, -0.2) is 16.7 Å². The third-order valence-corrected chi connectivity index (χ3v) is 1.81. The number of pyridine rings is 1. The largest absolute Gasteiger partial charge is 0.380 e. The first-order valence-electron chi connectivity index (χ1n) is 3.82. The summed E-state index contributed by atoms with van der Waals surface area (Å²) in [6.07, 6.45) is 3.76. The van der Waals surface area contributed by atoms with Crippen molar-refractivity contribution in [3.63, 3.8) is 0 Å². The van der Waals surface area contributed by atoms with Crippen LogP contribution in [0.5, 0.6) is 0 Å². The highest BCUT2D eigenvalue weighted by Crippen LogP contribution is 2.09. The third kappa shape index (κ3) is 1.08. The van der Waals surface area contributed by atoms with Crippen LogP contribution in [0.15, 0.2) is 30.6 Å². The van der Waals surface area contributed by atoms with E-state index in [0.29, 0.717) is 6.61 Å². The SMILES string of the molecule is COCc1cnn2ccccc12. The second-order valence-electron chi connectivity index (χ2n) is 2.63. The van der Waals surface area contributed by atoms with Crippen molar-refractivity contribution in [3.05, 3.63) is 36.2 Å². The Hall–Kier alpha value is -1.35. The van der Waals surface area contributed by atoms with Crippen LogP contribution in [0.1, 0.15) is 5.56 Å². The van der Waals surface area contributed by atoms with Crippen LogP contribution in [0.25, 0.3) is 5.52 Å². The zero-order valence-corrected chi connectivity index (χ0v) is 6.90. The van der Waals surface area contributed by atoms with Crippen LogP contribution in [0, 0.1) is 0 Å². The highest BCUT2D eigenvalue weighted by atomic mass is 16.5. The topological polar surface area (TPSA) is 26.5 Å². The molecule has 2 aromatic heterocycles. The van der Waals surface area contributed by atoms with Crippen molar-refractivity contribution in [3.8, 4) is 0 Å². The van der Waals surface area contributed by atoms with E-state index >= 15 is 0 Å². The molecule has 0 saturated heterocycles. The molecule has 62 valence electrons. The summed E-state index contributed by atoms with van der Waals surface area (Å²) in [6.45, 7) is 0.619. The van der Waals surface area contributed by atoms with Gasteiger partial charge in [0.25, 0.3) is 0 Å². The first-order chi connectivity index (χ1) is 5.92. The molecule has 0 radical (unpaired) electrons. The first-order valence-corrected chi connectivity index (χ1v) is 3.82. The maximum atomic E-state index is 5.04. The molecule has 2 aromatic rings. The second-order valence-corrected chi connectivity index (χ2v) is 2.63. The van der Waals surface area contributed by atoms with Gasteiger partial charge in [0, 0.05) is 18.9 Å². The van der Waals surface area contributed by atoms with Crippen molar-refractivity contribution in [2.75, 3.05) is 7.11 Å². The molecule has 0 saturated carbocycles. The van der Waals surface area contributed by atoms with Gasteiger partial charge in [-0.05, 0) is 12.1 Å². The zero-order valence-electron chi connectivity index (χ0n) is 6.90. The number of ether oxygens (including phenoxy) is 1. The summed E-state index contributed by atoms with van der Waals surface area (Å²) in [7, 11) is 1.69. The Labute approximate surface area is 70.6 Å². The second kappa shape index (κ2) is 2.95. The molecule has 0 unspecified atom stereocenters. The lowest BCUT2D eigenvalue weighted by Crippen LogP contribution is -1.87. The normalized spacial score (nSPS) is 10.8. The number of hydrogen-bond donors (Lipinski definition) is 0. The van der Waals surface area contributed by atoms with E-state index in [1.54, 1.807) is 7.11 Å². The van der Waals surface area contributed by atoms with E-state index in [0.717, 1.165) is 11.1 Å². The number of aromatic nitrogens is 2. The average molecular weight is 162 g/mol. The van der Waals surface area contributed by atoms with Gasteiger partial charge in [0.15, 0.2) is 0 Å². The lowest BCUT2D eigenvalue weighted by Gasteiger charge is -1.95. The van der Waals surface area contributed by atoms with Gasteiger partial charge in [-0.3, -0.25) is 0 Å². The number of hydrogen-bond acceptors (Lipinski definition) is 2. The molecule has 2 heterocycles. The minimum absolute atomic E-state index is 0.619. The average Bonchev–Trinajstić information content (AvgIpc) is 2.50. The summed E-state index contributed by atoms with van der Waals surface area (Å²) in [4.78, 5) is 0. The van der Waals surface area contributed by atoms with Gasteiger partial charge in [-0.25, -0.2) is 4.52 Å². The molecule has 2 rings (SSSR count). The maximum absolute atomic E-state index is 5.04. The third-order valence-electron chi connectivity index (χ3n) is 1.81. The molecule has 0 aromatic carbocycles. The summed E-state index contributed by atoms with van der Waals surface area (Å²) in [5.41, 5.74) is 2.23. The van der Waals surface area contributed by atoms with Crippen LogP contribution in [-0.2, 0) is 11.3 Å². The molecule has 0 spiro atoms. The molecule has 0 aliphatic rings. The Morgan fingerprint density at radius 2 is 2.42 bits per heavy atom. The van der Waals surface area contributed by atoms with E-state index in [9.17, 15) is 0 Å². The predicted octanol–water partition coefficient (Wildman–Crippen LogP) is 1.48. The lowest BCUT2D eigenvalue weighted by molar-refractivity contribution is 0.186. The smallest absolute Gasteiger partial charge is 0.0750 e. The quantitative estimate of drug-likeness (QED) is 0.668. The van der Waals surface area contributed by atoms with E-state index in [1.807, 2.05) is 35.1 Å². The Kier molecular flexibility index (Phi) is 1.80. The molecule has 0 fully saturated rings. The Morgan fingerprint density at radius 1 is 1.50 bits per heavy atom. The molecule has 0 amide bonds. The van der Waals surface area contributed by atoms with Crippen LogP contribution in [0.3, 0.4) is 0 Å². The van der Waals surface area contributed by atoms with E-state index in [2.05, 4.69) is 5.10 Å². The van der Waals surface area contributed by atoms with Crippen molar-refractivity contribution in [1.29, 1.82) is 0 Å². The fraction of sp³-hybridized carbons (Fsp3) is 0.222. The Morgan fingerprint density at radius 3 is 3.25 bits per heavy atom. The van der Waals surface area contributed by atoms with Crippen LogP contribution >= 0.6 is 0 Å². The molecular formula is C9H10N2O. The minimum Gasteiger partial charge on any atom is -0.380 e. The summed E-state index contributed by atoms with van der Waals surface area (Å²) < 4.78 is 6.88. The van der Waals surface area contributed by atoms with Crippen molar-refractivity contribution >= 4 is 5.52 Å².